The lowest BCUT2D eigenvalue weighted by atomic mass is 10.0. The number of hydrogen-bond acceptors (Lipinski definition) is 4. The monoisotopic (exact) mass is 328 g/mol. The summed E-state index contributed by atoms with van der Waals surface area (Å²) >= 11 is 5.67. The third-order valence-corrected chi connectivity index (χ3v) is 3.94. The van der Waals surface area contributed by atoms with Gasteiger partial charge in [0.25, 0.3) is 0 Å². The molecule has 1 aliphatic rings. The van der Waals surface area contributed by atoms with E-state index in [1.807, 2.05) is 11.0 Å². The smallest absolute Gasteiger partial charge is 0.383 e. The highest BCUT2D eigenvalue weighted by molar-refractivity contribution is 6.30. The minimum Gasteiger partial charge on any atom is -0.383 e. The fourth-order valence-corrected chi connectivity index (χ4v) is 2.76. The van der Waals surface area contributed by atoms with E-state index < -0.39 is 16.9 Å². The van der Waals surface area contributed by atoms with Crippen LogP contribution in [0.3, 0.4) is 0 Å². The Morgan fingerprint density at radius 3 is 2.68 bits per heavy atom. The first-order valence-electron chi connectivity index (χ1n) is 6.57. The van der Waals surface area contributed by atoms with Gasteiger partial charge in [-0.25, -0.2) is 9.97 Å². The molecule has 0 aromatic carbocycles. The summed E-state index contributed by atoms with van der Waals surface area (Å²) in [5.74, 6) is 0.826. The van der Waals surface area contributed by atoms with Gasteiger partial charge in [-0.3, -0.25) is 0 Å². The van der Waals surface area contributed by atoms with Crippen molar-refractivity contribution in [2.45, 2.75) is 19.1 Å². The van der Waals surface area contributed by atoms with Crippen molar-refractivity contribution in [3.8, 4) is 0 Å². The van der Waals surface area contributed by atoms with Gasteiger partial charge in [0.1, 0.15) is 16.8 Å². The van der Waals surface area contributed by atoms with Crippen LogP contribution >= 0.6 is 11.6 Å². The van der Waals surface area contributed by atoms with E-state index in [4.69, 9.17) is 17.3 Å². The third kappa shape index (κ3) is 2.68. The summed E-state index contributed by atoms with van der Waals surface area (Å²) in [6.07, 6.45) is -2.13. The molecule has 2 aromatic heterocycles. The van der Waals surface area contributed by atoms with Crippen molar-refractivity contribution in [2.24, 2.45) is 0 Å². The van der Waals surface area contributed by atoms with Crippen molar-refractivity contribution in [1.82, 2.24) is 9.97 Å². The predicted molar refractivity (Wildman–Crippen MR) is 77.7 cm³/mol. The van der Waals surface area contributed by atoms with E-state index in [2.05, 4.69) is 9.97 Å². The van der Waals surface area contributed by atoms with Gasteiger partial charge in [0.15, 0.2) is 0 Å². The fourth-order valence-electron chi connectivity index (χ4n) is 2.50. The molecule has 0 radical (unpaired) electrons. The van der Waals surface area contributed by atoms with Gasteiger partial charge >= 0.3 is 6.18 Å². The highest BCUT2D eigenvalue weighted by Gasteiger charge is 2.34. The summed E-state index contributed by atoms with van der Waals surface area (Å²) in [5, 5.41) is -0.546. The van der Waals surface area contributed by atoms with Gasteiger partial charge in [-0.05, 0) is 30.2 Å². The number of nitrogen functional groups attached to an aromatic ring is 1. The second kappa shape index (κ2) is 5.31. The maximum Gasteiger partial charge on any atom is 0.419 e. The molecule has 0 saturated heterocycles. The van der Waals surface area contributed by atoms with Crippen LogP contribution in [0.2, 0.25) is 5.15 Å². The summed E-state index contributed by atoms with van der Waals surface area (Å²) in [6, 6.07) is 4.18. The third-order valence-electron chi connectivity index (χ3n) is 3.65. The van der Waals surface area contributed by atoms with Gasteiger partial charge in [-0.2, -0.15) is 13.2 Å². The lowest BCUT2D eigenvalue weighted by Crippen LogP contribution is -2.32. The summed E-state index contributed by atoms with van der Waals surface area (Å²) in [4.78, 5) is 9.76. The first-order chi connectivity index (χ1) is 10.4. The van der Waals surface area contributed by atoms with Crippen molar-refractivity contribution in [3.05, 3.63) is 46.2 Å². The van der Waals surface area contributed by atoms with Crippen LogP contribution in [-0.2, 0) is 19.1 Å². The number of rotatable bonds is 1. The molecule has 8 heteroatoms. The summed E-state index contributed by atoms with van der Waals surface area (Å²) in [6.45, 7) is 1.08. The fraction of sp³-hybridized carbons (Fsp3) is 0.286. The topological polar surface area (TPSA) is 55.0 Å². The van der Waals surface area contributed by atoms with Gasteiger partial charge in [-0.15, -0.1) is 0 Å². The minimum atomic E-state index is -4.51. The van der Waals surface area contributed by atoms with Crippen molar-refractivity contribution < 1.29 is 13.2 Å². The van der Waals surface area contributed by atoms with Crippen LogP contribution in [0, 0.1) is 0 Å². The van der Waals surface area contributed by atoms with Crippen molar-refractivity contribution in [1.29, 1.82) is 0 Å². The molecule has 3 heterocycles. The molecular weight excluding hydrogens is 317 g/mol. The predicted octanol–water partition coefficient (Wildman–Crippen LogP) is 3.29. The number of aromatic nitrogens is 2. The molecule has 0 amide bonds. The van der Waals surface area contributed by atoms with Crippen LogP contribution in [-0.4, -0.2) is 16.5 Å². The molecule has 0 fully saturated rings. The van der Waals surface area contributed by atoms with E-state index in [1.165, 1.54) is 6.07 Å². The standard InChI is InChI=1S/C14H12ClF3N4/c15-12-10(14(16,17)18)1-2-11(21-12)22-6-4-8-3-5-20-13(19)9(8)7-22/h1-3,5H,4,6-7H2,(H2,19,20). The zero-order valence-corrected chi connectivity index (χ0v) is 12.1. The minimum absolute atomic E-state index is 0.395. The van der Waals surface area contributed by atoms with Crippen molar-refractivity contribution >= 4 is 23.2 Å². The Labute approximate surface area is 129 Å². The SMILES string of the molecule is Nc1nccc2c1CN(c1ccc(C(F)(F)F)c(Cl)n1)CC2. The Morgan fingerprint density at radius 1 is 1.23 bits per heavy atom. The quantitative estimate of drug-likeness (QED) is 0.816. The van der Waals surface area contributed by atoms with Crippen molar-refractivity contribution in [3.63, 3.8) is 0 Å². The molecule has 0 saturated carbocycles. The molecule has 22 heavy (non-hydrogen) atoms. The number of nitrogens with zero attached hydrogens (tertiary/aromatic N) is 3. The van der Waals surface area contributed by atoms with Crippen LogP contribution in [0.4, 0.5) is 24.8 Å². The summed E-state index contributed by atoms with van der Waals surface area (Å²) in [7, 11) is 0. The van der Waals surface area contributed by atoms with Gasteiger partial charge in [0.2, 0.25) is 0 Å². The number of halogens is 4. The van der Waals surface area contributed by atoms with Gasteiger partial charge in [-0.1, -0.05) is 11.6 Å². The van der Waals surface area contributed by atoms with Crippen LogP contribution in [0.5, 0.6) is 0 Å². The number of alkyl halides is 3. The average Bonchev–Trinajstić information content (AvgIpc) is 2.46. The number of anilines is 2. The maximum absolute atomic E-state index is 12.7. The maximum atomic E-state index is 12.7. The largest absolute Gasteiger partial charge is 0.419 e. The zero-order chi connectivity index (χ0) is 15.9. The number of nitrogens with two attached hydrogens (primary N) is 1. The Hall–Kier alpha value is -2.02. The molecule has 0 atom stereocenters. The van der Waals surface area contributed by atoms with Crippen molar-refractivity contribution in [2.75, 3.05) is 17.2 Å². The van der Waals surface area contributed by atoms with Gasteiger partial charge in [0.05, 0.1) is 5.56 Å². The Morgan fingerprint density at radius 2 is 2.00 bits per heavy atom. The Balaban J connectivity index is 1.91. The lowest BCUT2D eigenvalue weighted by molar-refractivity contribution is -0.137. The van der Waals surface area contributed by atoms with E-state index >= 15 is 0 Å². The number of fused-ring (bicyclic) bond motifs is 1. The second-order valence-electron chi connectivity index (χ2n) is 5.01. The molecule has 0 aliphatic carbocycles. The lowest BCUT2D eigenvalue weighted by Gasteiger charge is -2.30. The van der Waals surface area contributed by atoms with Crippen LogP contribution in [0.25, 0.3) is 0 Å². The van der Waals surface area contributed by atoms with E-state index in [9.17, 15) is 13.2 Å². The zero-order valence-electron chi connectivity index (χ0n) is 11.4. The first-order valence-corrected chi connectivity index (χ1v) is 6.95. The highest BCUT2D eigenvalue weighted by atomic mass is 35.5. The Kier molecular flexibility index (Phi) is 3.60. The van der Waals surface area contributed by atoms with Gasteiger partial charge in [0, 0.05) is 24.8 Å². The molecule has 1 aliphatic heterocycles. The normalized spacial score (nSPS) is 14.8. The molecule has 0 spiro atoms. The molecule has 0 unspecified atom stereocenters. The van der Waals surface area contributed by atoms with E-state index in [-0.39, 0.29) is 0 Å². The summed E-state index contributed by atoms with van der Waals surface area (Å²) in [5.41, 5.74) is 6.91. The van der Waals surface area contributed by atoms with Crippen LogP contribution in [0.1, 0.15) is 16.7 Å². The number of pyridine rings is 2. The molecule has 2 N–H and O–H groups in total. The van der Waals surface area contributed by atoms with Crippen LogP contribution < -0.4 is 10.6 Å². The first kappa shape index (κ1) is 14.9. The van der Waals surface area contributed by atoms with Crippen LogP contribution in [0.15, 0.2) is 24.4 Å². The molecule has 4 nitrogen and oxygen atoms in total. The number of hydrogen-bond donors (Lipinski definition) is 1. The highest BCUT2D eigenvalue weighted by Crippen LogP contribution is 2.35. The Bertz CT molecular complexity index is 718. The molecule has 3 rings (SSSR count). The molecule has 2 aromatic rings. The molecular formula is C14H12ClF3N4. The van der Waals surface area contributed by atoms with E-state index in [0.29, 0.717) is 24.7 Å². The van der Waals surface area contributed by atoms with Gasteiger partial charge < -0.3 is 10.6 Å². The average molecular weight is 329 g/mol. The van der Waals surface area contributed by atoms with E-state index in [0.717, 1.165) is 23.6 Å². The van der Waals surface area contributed by atoms with E-state index in [1.54, 1.807) is 6.20 Å². The molecule has 116 valence electrons. The second-order valence-corrected chi connectivity index (χ2v) is 5.37. The summed E-state index contributed by atoms with van der Waals surface area (Å²) < 4.78 is 38.1. The molecule has 0 bridgehead atoms.